The normalized spacial score (nSPS) is 13.2. The minimum atomic E-state index is -0.110. The molecule has 0 saturated heterocycles. The molecule has 0 fully saturated rings. The molecule has 0 radical (unpaired) electrons. The number of aromatic nitrogens is 3. The summed E-state index contributed by atoms with van der Waals surface area (Å²) in [6.07, 6.45) is 3.07. The van der Waals surface area contributed by atoms with Crippen molar-refractivity contribution >= 4 is 22.8 Å². The SMILES string of the molecule is CCCN(CC)CCn1c(C(C)Cl)nc2cc(C)cnc21. The van der Waals surface area contributed by atoms with Crippen molar-refractivity contribution < 1.29 is 0 Å². The molecule has 0 aromatic carbocycles. The van der Waals surface area contributed by atoms with E-state index in [0.29, 0.717) is 0 Å². The third-order valence-corrected chi connectivity index (χ3v) is 3.93. The molecule has 1 atom stereocenters. The van der Waals surface area contributed by atoms with Gasteiger partial charge >= 0.3 is 0 Å². The zero-order chi connectivity index (χ0) is 15.4. The van der Waals surface area contributed by atoms with Gasteiger partial charge in [0, 0.05) is 19.3 Å². The van der Waals surface area contributed by atoms with Crippen LogP contribution < -0.4 is 0 Å². The Morgan fingerprint density at radius 1 is 1.33 bits per heavy atom. The number of aryl methyl sites for hydroxylation is 1. The van der Waals surface area contributed by atoms with Gasteiger partial charge in [-0.15, -0.1) is 11.6 Å². The molecular weight excluding hydrogens is 284 g/mol. The number of halogens is 1. The number of rotatable bonds is 7. The number of likely N-dealkylation sites (N-methyl/N-ethyl adjacent to an activating group) is 1. The van der Waals surface area contributed by atoms with Crippen molar-refractivity contribution in [2.75, 3.05) is 19.6 Å². The highest BCUT2D eigenvalue weighted by atomic mass is 35.5. The van der Waals surface area contributed by atoms with E-state index < -0.39 is 0 Å². The van der Waals surface area contributed by atoms with Gasteiger partial charge in [0.2, 0.25) is 0 Å². The maximum Gasteiger partial charge on any atom is 0.160 e. The summed E-state index contributed by atoms with van der Waals surface area (Å²) in [5, 5.41) is -0.110. The van der Waals surface area contributed by atoms with Gasteiger partial charge < -0.3 is 9.47 Å². The van der Waals surface area contributed by atoms with E-state index in [-0.39, 0.29) is 5.38 Å². The highest BCUT2D eigenvalue weighted by Crippen LogP contribution is 2.23. The van der Waals surface area contributed by atoms with Gasteiger partial charge in [-0.25, -0.2) is 9.97 Å². The predicted octanol–water partition coefficient (Wildman–Crippen LogP) is 3.77. The molecule has 0 bridgehead atoms. The van der Waals surface area contributed by atoms with Crippen LogP contribution in [0, 0.1) is 6.92 Å². The van der Waals surface area contributed by atoms with Gasteiger partial charge in [0.25, 0.3) is 0 Å². The second-order valence-corrected chi connectivity index (χ2v) is 6.18. The van der Waals surface area contributed by atoms with Gasteiger partial charge in [0.15, 0.2) is 5.65 Å². The highest BCUT2D eigenvalue weighted by Gasteiger charge is 2.16. The van der Waals surface area contributed by atoms with Crippen molar-refractivity contribution in [1.82, 2.24) is 19.4 Å². The fourth-order valence-electron chi connectivity index (χ4n) is 2.64. The van der Waals surface area contributed by atoms with Crippen LogP contribution in [0.15, 0.2) is 12.3 Å². The fourth-order valence-corrected chi connectivity index (χ4v) is 2.81. The summed E-state index contributed by atoms with van der Waals surface area (Å²) in [6.45, 7) is 12.5. The Morgan fingerprint density at radius 2 is 2.10 bits per heavy atom. The van der Waals surface area contributed by atoms with E-state index in [1.807, 2.05) is 20.0 Å². The largest absolute Gasteiger partial charge is 0.310 e. The first-order valence-electron chi connectivity index (χ1n) is 7.76. The quantitative estimate of drug-likeness (QED) is 0.730. The van der Waals surface area contributed by atoms with Crippen LogP contribution in [0.2, 0.25) is 0 Å². The van der Waals surface area contributed by atoms with Gasteiger partial charge in [-0.05, 0) is 45.0 Å². The van der Waals surface area contributed by atoms with Crippen molar-refractivity contribution in [3.05, 3.63) is 23.7 Å². The highest BCUT2D eigenvalue weighted by molar-refractivity contribution is 6.20. The number of hydrogen-bond acceptors (Lipinski definition) is 3. The number of pyridine rings is 1. The molecule has 2 rings (SSSR count). The van der Waals surface area contributed by atoms with E-state index in [9.17, 15) is 0 Å². The van der Waals surface area contributed by atoms with Gasteiger partial charge in [-0.1, -0.05) is 13.8 Å². The summed E-state index contributed by atoms with van der Waals surface area (Å²) in [7, 11) is 0. The Kier molecular flexibility index (Phi) is 5.59. The minimum absolute atomic E-state index is 0.110. The first kappa shape index (κ1) is 16.2. The Morgan fingerprint density at radius 3 is 2.71 bits per heavy atom. The maximum atomic E-state index is 6.31. The van der Waals surface area contributed by atoms with Crippen LogP contribution in [0.4, 0.5) is 0 Å². The van der Waals surface area contributed by atoms with Crippen molar-refractivity contribution in [1.29, 1.82) is 0 Å². The third-order valence-electron chi connectivity index (χ3n) is 3.73. The van der Waals surface area contributed by atoms with E-state index in [1.165, 1.54) is 6.42 Å². The first-order chi connectivity index (χ1) is 10.1. The lowest BCUT2D eigenvalue weighted by Crippen LogP contribution is -2.28. The fraction of sp³-hybridized carbons (Fsp3) is 0.625. The van der Waals surface area contributed by atoms with E-state index in [1.54, 1.807) is 0 Å². The van der Waals surface area contributed by atoms with Gasteiger partial charge in [-0.3, -0.25) is 0 Å². The summed E-state index contributed by atoms with van der Waals surface area (Å²) >= 11 is 6.31. The number of imidazole rings is 1. The van der Waals surface area contributed by atoms with Crippen LogP contribution >= 0.6 is 11.6 Å². The Hall–Kier alpha value is -1.13. The van der Waals surface area contributed by atoms with Crippen molar-refractivity contribution in [2.24, 2.45) is 0 Å². The average Bonchev–Trinajstić information content (AvgIpc) is 2.81. The number of nitrogens with zero attached hydrogens (tertiary/aromatic N) is 4. The molecule has 2 aromatic rings. The molecule has 1 unspecified atom stereocenters. The first-order valence-corrected chi connectivity index (χ1v) is 8.19. The summed E-state index contributed by atoms with van der Waals surface area (Å²) in [5.74, 6) is 0.914. The van der Waals surface area contributed by atoms with Crippen LogP contribution in [0.3, 0.4) is 0 Å². The Labute approximate surface area is 132 Å². The second-order valence-electron chi connectivity index (χ2n) is 5.53. The molecule has 2 heterocycles. The lowest BCUT2D eigenvalue weighted by molar-refractivity contribution is 0.276. The van der Waals surface area contributed by atoms with Crippen molar-refractivity contribution in [2.45, 2.75) is 46.0 Å². The smallest absolute Gasteiger partial charge is 0.160 e. The van der Waals surface area contributed by atoms with E-state index in [2.05, 4.69) is 39.3 Å². The monoisotopic (exact) mass is 308 g/mol. The van der Waals surface area contributed by atoms with Crippen LogP contribution in [0.1, 0.15) is 44.0 Å². The molecule has 2 aromatic heterocycles. The lowest BCUT2D eigenvalue weighted by Gasteiger charge is -2.20. The Bertz CT molecular complexity index is 591. The van der Waals surface area contributed by atoms with Crippen LogP contribution in [0.5, 0.6) is 0 Å². The molecule has 0 saturated carbocycles. The predicted molar refractivity (Wildman–Crippen MR) is 88.9 cm³/mol. The van der Waals surface area contributed by atoms with E-state index in [0.717, 1.165) is 48.7 Å². The second kappa shape index (κ2) is 7.23. The molecule has 5 heteroatoms. The molecule has 4 nitrogen and oxygen atoms in total. The minimum Gasteiger partial charge on any atom is -0.310 e. The maximum absolute atomic E-state index is 6.31. The number of hydrogen-bond donors (Lipinski definition) is 0. The number of alkyl halides is 1. The van der Waals surface area contributed by atoms with Crippen LogP contribution in [-0.4, -0.2) is 39.1 Å². The summed E-state index contributed by atoms with van der Waals surface area (Å²) in [5.41, 5.74) is 3.01. The van der Waals surface area contributed by atoms with Gasteiger partial charge in [-0.2, -0.15) is 0 Å². The zero-order valence-corrected chi connectivity index (χ0v) is 14.2. The standard InChI is InChI=1S/C16H25ClN4/c1-5-7-20(6-2)8-9-21-15(13(4)17)19-14-10-12(3)11-18-16(14)21/h10-11,13H,5-9H2,1-4H3. The van der Waals surface area contributed by atoms with Gasteiger partial charge in [0.1, 0.15) is 11.3 Å². The van der Waals surface area contributed by atoms with Crippen molar-refractivity contribution in [3.8, 4) is 0 Å². The summed E-state index contributed by atoms with van der Waals surface area (Å²) in [6, 6.07) is 2.07. The molecule has 0 aliphatic rings. The average molecular weight is 309 g/mol. The molecule has 0 aliphatic heterocycles. The van der Waals surface area contributed by atoms with Crippen molar-refractivity contribution in [3.63, 3.8) is 0 Å². The molecule has 0 N–H and O–H groups in total. The molecule has 0 aliphatic carbocycles. The van der Waals surface area contributed by atoms with E-state index in [4.69, 9.17) is 11.6 Å². The topological polar surface area (TPSA) is 34.0 Å². The lowest BCUT2D eigenvalue weighted by atomic mass is 10.3. The molecule has 0 amide bonds. The number of fused-ring (bicyclic) bond motifs is 1. The molecule has 21 heavy (non-hydrogen) atoms. The molecule has 116 valence electrons. The molecular formula is C16H25ClN4. The zero-order valence-electron chi connectivity index (χ0n) is 13.4. The summed E-state index contributed by atoms with van der Waals surface area (Å²) < 4.78 is 2.17. The van der Waals surface area contributed by atoms with Gasteiger partial charge in [0.05, 0.1) is 5.38 Å². The third kappa shape index (κ3) is 3.74. The molecule has 0 spiro atoms. The van der Waals surface area contributed by atoms with E-state index >= 15 is 0 Å². The van der Waals surface area contributed by atoms with Crippen LogP contribution in [0.25, 0.3) is 11.2 Å². The Balaban J connectivity index is 2.30. The summed E-state index contributed by atoms with van der Waals surface area (Å²) in [4.78, 5) is 11.7. The van der Waals surface area contributed by atoms with Crippen LogP contribution in [-0.2, 0) is 6.54 Å².